The summed E-state index contributed by atoms with van der Waals surface area (Å²) < 4.78 is 16.3. The summed E-state index contributed by atoms with van der Waals surface area (Å²) in [5.41, 5.74) is 38.0. The molecule has 27 rings (SSSR count). The van der Waals surface area contributed by atoms with Crippen LogP contribution in [0.5, 0.6) is 0 Å². The highest BCUT2D eigenvalue weighted by molar-refractivity contribution is 9.11. The van der Waals surface area contributed by atoms with E-state index in [-0.39, 0.29) is 17.1 Å². The predicted octanol–water partition coefficient (Wildman–Crippen LogP) is 33.0. The van der Waals surface area contributed by atoms with E-state index in [9.17, 15) is 24.0 Å². The zero-order valence-corrected chi connectivity index (χ0v) is 83.8. The van der Waals surface area contributed by atoms with Crippen LogP contribution >= 0.6 is 47.8 Å². The average molecular weight is 2060 g/mol. The van der Waals surface area contributed by atoms with E-state index in [4.69, 9.17) is 20.1 Å². The highest BCUT2D eigenvalue weighted by Crippen LogP contribution is 2.62. The van der Waals surface area contributed by atoms with Crippen LogP contribution in [-0.2, 0) is 31.7 Å². The smallest absolute Gasteiger partial charge is 0.478 e. The number of rotatable bonds is 12. The number of carbonyl (C=O) groups excluding carboxylic acids is 4. The van der Waals surface area contributed by atoms with Crippen LogP contribution in [0.1, 0.15) is 92.1 Å². The summed E-state index contributed by atoms with van der Waals surface area (Å²) in [6.45, 7) is 8.47. The van der Waals surface area contributed by atoms with Crippen molar-refractivity contribution in [1.29, 1.82) is 0 Å². The molecule has 1 aliphatic heterocycles. The molecule has 0 aromatic heterocycles. The van der Waals surface area contributed by atoms with Crippen molar-refractivity contribution in [3.05, 3.63) is 500 Å². The van der Waals surface area contributed by atoms with Crippen molar-refractivity contribution >= 4 is 182 Å². The molecule has 5 aliphatic carbocycles. The van der Waals surface area contributed by atoms with Crippen molar-refractivity contribution < 1.29 is 38.4 Å². The average Bonchev–Trinajstić information content (AvgIpc) is 1.57. The van der Waals surface area contributed by atoms with Crippen molar-refractivity contribution in [2.24, 2.45) is 0 Å². The van der Waals surface area contributed by atoms with Gasteiger partial charge in [0.05, 0.1) is 16.8 Å². The summed E-state index contributed by atoms with van der Waals surface area (Å²) in [7, 11) is -0.422. The van der Waals surface area contributed by atoms with Crippen molar-refractivity contribution in [2.45, 2.75) is 51.7 Å². The number of allylic oxidation sites excluding steroid dienone is 4. The number of fused-ring (bicyclic) bond motifs is 11. The van der Waals surface area contributed by atoms with E-state index in [1.54, 1.807) is 42.5 Å². The number of ketones is 4. The lowest BCUT2D eigenvalue weighted by atomic mass is 9.75. The molecule has 0 bridgehead atoms. The Morgan fingerprint density at radius 3 is 0.896 bits per heavy atom. The van der Waals surface area contributed by atoms with Gasteiger partial charge < -0.3 is 20.1 Å². The summed E-state index contributed by atoms with van der Waals surface area (Å²) in [5.74, 6) is -1.41. The number of carbonyl (C=O) groups is 5. The van der Waals surface area contributed by atoms with E-state index >= 15 is 0 Å². The third-order valence-electron chi connectivity index (χ3n) is 28.5. The van der Waals surface area contributed by atoms with E-state index in [0.717, 1.165) is 85.3 Å². The molecule has 144 heavy (non-hydrogen) atoms. The minimum Gasteiger partial charge on any atom is -0.478 e. The van der Waals surface area contributed by atoms with Gasteiger partial charge in [-0.3, -0.25) is 19.2 Å². The van der Waals surface area contributed by atoms with E-state index in [0.29, 0.717) is 29.7 Å². The number of hydrogen-bond acceptors (Lipinski definition) is 8. The maximum atomic E-state index is 13.8. The molecule has 21 aromatic rings. The van der Waals surface area contributed by atoms with Crippen LogP contribution in [0.2, 0.25) is 0 Å². The van der Waals surface area contributed by atoms with Gasteiger partial charge in [0.25, 0.3) is 0 Å². The Hall–Kier alpha value is -16.0. The number of halogens is 3. The van der Waals surface area contributed by atoms with Crippen LogP contribution < -0.4 is 11.2 Å². The van der Waals surface area contributed by atoms with Gasteiger partial charge in [0.2, 0.25) is 11.6 Å². The Labute approximate surface area is 860 Å². The van der Waals surface area contributed by atoms with Gasteiger partial charge in [-0.2, -0.15) is 0 Å². The van der Waals surface area contributed by atoms with E-state index in [1.807, 2.05) is 127 Å². The van der Waals surface area contributed by atoms with Gasteiger partial charge in [0.1, 0.15) is 5.78 Å². The lowest BCUT2D eigenvalue weighted by molar-refractivity contribution is -0.117. The van der Waals surface area contributed by atoms with Gasteiger partial charge in [0.15, 0.2) is 5.78 Å². The third kappa shape index (κ3) is 16.6. The molecule has 0 radical (unpaired) electrons. The highest BCUT2D eigenvalue weighted by Gasteiger charge is 2.53. The first kappa shape index (κ1) is 93.0. The Morgan fingerprint density at radius 1 is 0.264 bits per heavy atom. The lowest BCUT2D eigenvalue weighted by Gasteiger charge is -2.32. The summed E-state index contributed by atoms with van der Waals surface area (Å²) >= 11 is 10.9. The van der Waals surface area contributed by atoms with E-state index < -0.39 is 35.9 Å². The normalized spacial score (nSPS) is 13.6. The number of Topliss-reactive ketones (excluding diaryl/α,β-unsaturated/α-hetero) is 4. The van der Waals surface area contributed by atoms with Crippen molar-refractivity contribution in [3.8, 4) is 89.0 Å². The Balaban J connectivity index is 0.000000104. The molecule has 0 unspecified atom stereocenters. The molecule has 1 fully saturated rings. The number of hydrogen-bond donors (Lipinski definition) is 2. The second kappa shape index (κ2) is 38.8. The predicted molar refractivity (Wildman–Crippen MR) is 604 cm³/mol. The van der Waals surface area contributed by atoms with Gasteiger partial charge >= 0.3 is 13.1 Å². The first-order valence-corrected chi connectivity index (χ1v) is 50.4. The fourth-order valence-corrected chi connectivity index (χ4v) is 22.9. The largest absolute Gasteiger partial charge is 0.495 e. The van der Waals surface area contributed by atoms with Crippen LogP contribution in [0.25, 0.3) is 176 Å². The molecule has 1 saturated heterocycles. The van der Waals surface area contributed by atoms with Crippen molar-refractivity contribution in [2.75, 3.05) is 5.73 Å². The van der Waals surface area contributed by atoms with Gasteiger partial charge in [0, 0.05) is 70.8 Å². The van der Waals surface area contributed by atoms with Crippen LogP contribution in [0.15, 0.2) is 450 Å². The molecule has 0 atom stereocenters. The molecular formula is C131H91BBr3NO8. The molecule has 3 N–H and O–H groups in total. The van der Waals surface area contributed by atoms with E-state index in [2.05, 4.69) is 336 Å². The minimum absolute atomic E-state index is 0.109. The van der Waals surface area contributed by atoms with Crippen LogP contribution in [0.3, 0.4) is 0 Å². The summed E-state index contributed by atoms with van der Waals surface area (Å²) in [5, 5.41) is 22.8. The number of carboxylic acids is 1. The monoisotopic (exact) mass is 2050 g/mol. The fraction of sp³-hybridized carbons (Fsp3) is 0.0611. The molecule has 0 spiro atoms. The minimum atomic E-state index is -0.988. The second-order valence-corrected chi connectivity index (χ2v) is 40.1. The van der Waals surface area contributed by atoms with Gasteiger partial charge in [-0.05, 0) is 251 Å². The molecule has 0 saturated carbocycles. The SMILES string of the molecule is Brc1ccc2c3c(cccc13)-c1c-2c(-c2ccccc2)c2ccccc2c1-c1ccccc1.CC1(C)OB(c2ccc3c4c(cccc24)-c2c-3c(-c3ccccc3)c3ccccc3c2-c2ccccc2)OC1(C)C.Nc1ccccc1C(=O)O.O=C(Cc1ccccc1)Cc1ccccc1.O=C1C(=O)c2ccc(Br)c3cccc1c23.O=C1C(c2ccccc2)=C2C(=C1c1ccccc1)c1ccc(Br)c3cccc2c13. The number of para-hydroxylation sites is 1. The quantitative estimate of drug-likeness (QED) is 0.0692. The first-order valence-electron chi connectivity index (χ1n) is 48.1. The molecule has 1 heterocycles. The zero-order valence-electron chi connectivity index (χ0n) is 79.1. The fourth-order valence-electron chi connectivity index (χ4n) is 21.5. The molecule has 9 nitrogen and oxygen atoms in total. The maximum Gasteiger partial charge on any atom is 0.495 e. The van der Waals surface area contributed by atoms with Crippen molar-refractivity contribution in [1.82, 2.24) is 0 Å². The van der Waals surface area contributed by atoms with Gasteiger partial charge in [-0.15, -0.1) is 0 Å². The number of nitrogen functional groups attached to an aromatic ring is 1. The maximum absolute atomic E-state index is 13.8. The first-order chi connectivity index (χ1) is 70.2. The molecule has 6 aliphatic rings. The van der Waals surface area contributed by atoms with Crippen LogP contribution in [0, 0.1) is 0 Å². The van der Waals surface area contributed by atoms with Gasteiger partial charge in [-0.1, -0.05) is 448 Å². The number of benzene rings is 21. The lowest BCUT2D eigenvalue weighted by Crippen LogP contribution is -2.41. The number of aromatic carboxylic acids is 1. The molecule has 692 valence electrons. The molecule has 21 aromatic carbocycles. The number of anilines is 1. The third-order valence-corrected chi connectivity index (χ3v) is 30.6. The van der Waals surface area contributed by atoms with Crippen LogP contribution in [-0.4, -0.2) is 52.5 Å². The second-order valence-electron chi connectivity index (χ2n) is 37.5. The summed E-state index contributed by atoms with van der Waals surface area (Å²) in [6, 6.07) is 149. The van der Waals surface area contributed by atoms with Gasteiger partial charge in [-0.25, -0.2) is 4.79 Å². The molecular weight excluding hydrogens is 1970 g/mol. The Morgan fingerprint density at radius 2 is 0.528 bits per heavy atom. The topological polar surface area (TPSA) is 150 Å². The molecule has 13 heteroatoms. The zero-order chi connectivity index (χ0) is 98.8. The Bertz CT molecular complexity index is 8550. The standard InChI is InChI=1S/C38H31BO2.C32H19Br.C27H15BrO.C15H14O.C12H5BrO2.C7H7NO2/c1-37(2)38(3,4)41-39(40-37)31-23-22-30-34-28(31)20-13-21-29(34)35-32(24-14-7-5-8-15-24)26-18-11-12-19-27(26)33(36(30)35)25-16-9-6-10-17-25;33-27-19-18-26-30-24(27)16-9-17-25(30)31-28(20-10-3-1-4-11-20)22-14-7-8-15-23(22)29(32(26)31)21-12-5-2-6-13-21;28-21-15-14-20-24-18(21)12-7-13-19(24)25-22(16-8-3-1-4-9-16)27(29)23(26(20)25)17-10-5-2-6-11-17;16-15(11-13-7-3-1-4-8-13)12-14-9-5-2-6-10-14;13-9-5-4-8-10-6(9)2-1-3-7(10)11(14)12(8)15;8-6-4-2-1-3-5(6)7(9)10/h5-23H,1-4H3;1-19H;1-15H;1-10H,11-12H2;1-5H;1-4H,8H2,(H,9,10). The van der Waals surface area contributed by atoms with Crippen LogP contribution in [0.4, 0.5) is 5.69 Å². The van der Waals surface area contributed by atoms with Crippen molar-refractivity contribution in [3.63, 3.8) is 0 Å². The number of nitrogens with two attached hydrogens (primary N) is 1. The highest BCUT2D eigenvalue weighted by atomic mass is 79.9. The summed E-state index contributed by atoms with van der Waals surface area (Å²) in [6.07, 6.45) is 1.05. The van der Waals surface area contributed by atoms with E-state index in [1.165, 1.54) is 149 Å². The molecule has 0 amide bonds. The number of carboxylic acid groups (broad SMARTS) is 1. The Kier molecular flexibility index (Phi) is 25.1. The summed E-state index contributed by atoms with van der Waals surface area (Å²) in [4.78, 5) is 59.2.